The highest BCUT2D eigenvalue weighted by atomic mass is 16.5. The van der Waals surface area contributed by atoms with E-state index in [1.807, 2.05) is 41.3 Å². The van der Waals surface area contributed by atoms with Crippen LogP contribution in [0.4, 0.5) is 5.69 Å². The number of nitrogens with zero attached hydrogens (tertiary/aromatic N) is 2. The van der Waals surface area contributed by atoms with Crippen LogP contribution >= 0.6 is 0 Å². The number of rotatable bonds is 4. The number of carbonyl (C=O) groups is 1. The lowest BCUT2D eigenvalue weighted by atomic mass is 10.0. The van der Waals surface area contributed by atoms with Crippen LogP contribution in [0.25, 0.3) is 11.0 Å². The van der Waals surface area contributed by atoms with Crippen molar-refractivity contribution in [1.82, 2.24) is 4.90 Å². The molecule has 3 aromatic rings. The van der Waals surface area contributed by atoms with Gasteiger partial charge in [-0.15, -0.1) is 0 Å². The van der Waals surface area contributed by atoms with Crippen molar-refractivity contribution in [2.75, 3.05) is 24.5 Å². The molecule has 2 aromatic carbocycles. The first kappa shape index (κ1) is 20.6. The van der Waals surface area contributed by atoms with Gasteiger partial charge < -0.3 is 19.0 Å². The minimum absolute atomic E-state index is 0.0502. The molecule has 1 aromatic heterocycles. The fourth-order valence-corrected chi connectivity index (χ4v) is 4.73. The molecule has 0 radical (unpaired) electrons. The number of fused-ring (bicyclic) bond motifs is 2. The second-order valence-corrected chi connectivity index (χ2v) is 8.62. The smallest absolute Gasteiger partial charge is 0.336 e. The molecule has 1 atom stereocenters. The Morgan fingerprint density at radius 3 is 2.69 bits per heavy atom. The number of hydrogen-bond donors (Lipinski definition) is 0. The van der Waals surface area contributed by atoms with E-state index in [2.05, 4.69) is 17.9 Å². The summed E-state index contributed by atoms with van der Waals surface area (Å²) in [5.74, 6) is 0.754. The molecule has 6 nitrogen and oxygen atoms in total. The maximum Gasteiger partial charge on any atom is 0.336 e. The molecule has 0 N–H and O–H groups in total. The Morgan fingerprint density at radius 2 is 1.88 bits per heavy atom. The van der Waals surface area contributed by atoms with Crippen LogP contribution in [0, 0.1) is 0 Å². The van der Waals surface area contributed by atoms with Gasteiger partial charge in [-0.1, -0.05) is 31.2 Å². The van der Waals surface area contributed by atoms with Crippen molar-refractivity contribution >= 4 is 22.6 Å². The quantitative estimate of drug-likeness (QED) is 0.580. The number of carbonyl (C=O) groups excluding carboxylic acids is 1. The second kappa shape index (κ2) is 8.69. The van der Waals surface area contributed by atoms with Gasteiger partial charge in [0.05, 0.1) is 12.2 Å². The average molecular weight is 433 g/mol. The largest absolute Gasteiger partial charge is 0.477 e. The topological polar surface area (TPSA) is 63.0 Å². The number of amides is 1. The molecule has 0 spiro atoms. The minimum atomic E-state index is -0.555. The lowest BCUT2D eigenvalue weighted by molar-refractivity contribution is -0.139. The molecule has 32 heavy (non-hydrogen) atoms. The molecular formula is C26H28N2O4. The molecule has 2 aliphatic heterocycles. The van der Waals surface area contributed by atoms with Crippen LogP contribution in [0.2, 0.25) is 0 Å². The number of piperidine rings is 1. The molecule has 0 saturated carbocycles. The summed E-state index contributed by atoms with van der Waals surface area (Å²) in [7, 11) is 0. The van der Waals surface area contributed by atoms with E-state index in [9.17, 15) is 9.59 Å². The van der Waals surface area contributed by atoms with Gasteiger partial charge in [0.1, 0.15) is 11.3 Å². The zero-order valence-corrected chi connectivity index (χ0v) is 18.4. The SMILES string of the molecule is CCc1ccc2c(CN3CC(C(=O)N4CCCCC4)Oc4ccccc43)cc(=O)oc2c1. The number of likely N-dealkylation sites (tertiary alicyclic amines) is 1. The van der Waals surface area contributed by atoms with Crippen LogP contribution in [0.5, 0.6) is 5.75 Å². The summed E-state index contributed by atoms with van der Waals surface area (Å²) in [5, 5.41) is 0.921. The van der Waals surface area contributed by atoms with Gasteiger partial charge >= 0.3 is 5.63 Å². The van der Waals surface area contributed by atoms with Crippen LogP contribution in [0.15, 0.2) is 57.7 Å². The fraction of sp³-hybridized carbons (Fsp3) is 0.385. The van der Waals surface area contributed by atoms with Gasteiger partial charge in [0.25, 0.3) is 5.91 Å². The van der Waals surface area contributed by atoms with Gasteiger partial charge in [0, 0.05) is 31.1 Å². The highest BCUT2D eigenvalue weighted by Gasteiger charge is 2.34. The van der Waals surface area contributed by atoms with E-state index >= 15 is 0 Å². The first-order valence-electron chi connectivity index (χ1n) is 11.5. The van der Waals surface area contributed by atoms with Crippen LogP contribution < -0.4 is 15.3 Å². The van der Waals surface area contributed by atoms with Crippen molar-refractivity contribution in [3.8, 4) is 5.75 Å². The molecule has 166 valence electrons. The number of hydrogen-bond acceptors (Lipinski definition) is 5. The molecule has 1 saturated heterocycles. The lowest BCUT2D eigenvalue weighted by Gasteiger charge is -2.38. The van der Waals surface area contributed by atoms with Crippen LogP contribution in [0.1, 0.15) is 37.3 Å². The average Bonchev–Trinajstić information content (AvgIpc) is 2.83. The van der Waals surface area contributed by atoms with Gasteiger partial charge in [-0.2, -0.15) is 0 Å². The first-order valence-corrected chi connectivity index (χ1v) is 11.5. The third-order valence-corrected chi connectivity index (χ3v) is 6.47. The Kier molecular flexibility index (Phi) is 5.60. The number of aryl methyl sites for hydroxylation is 1. The van der Waals surface area contributed by atoms with Gasteiger partial charge in [0.2, 0.25) is 0 Å². The van der Waals surface area contributed by atoms with Crippen molar-refractivity contribution in [1.29, 1.82) is 0 Å². The third-order valence-electron chi connectivity index (χ3n) is 6.47. The van der Waals surface area contributed by atoms with Gasteiger partial charge in [-0.3, -0.25) is 4.79 Å². The second-order valence-electron chi connectivity index (χ2n) is 8.62. The number of para-hydroxylation sites is 2. The molecule has 3 heterocycles. The Labute approximate surface area is 187 Å². The molecule has 1 fully saturated rings. The van der Waals surface area contributed by atoms with Gasteiger partial charge in [-0.25, -0.2) is 4.79 Å². The number of benzene rings is 2. The van der Waals surface area contributed by atoms with Gasteiger partial charge in [-0.05, 0) is 55.0 Å². The Hall–Kier alpha value is -3.28. The zero-order chi connectivity index (χ0) is 22.1. The summed E-state index contributed by atoms with van der Waals surface area (Å²) in [4.78, 5) is 29.6. The van der Waals surface area contributed by atoms with E-state index < -0.39 is 6.10 Å². The highest BCUT2D eigenvalue weighted by Crippen LogP contribution is 2.35. The summed E-state index contributed by atoms with van der Waals surface area (Å²) in [6.07, 6.45) is 3.59. The molecule has 6 heteroatoms. The van der Waals surface area contributed by atoms with Crippen LogP contribution in [-0.4, -0.2) is 36.5 Å². The Morgan fingerprint density at radius 1 is 1.06 bits per heavy atom. The maximum atomic E-state index is 13.2. The molecular weight excluding hydrogens is 404 g/mol. The first-order chi connectivity index (χ1) is 15.6. The number of ether oxygens (including phenoxy) is 1. The lowest BCUT2D eigenvalue weighted by Crippen LogP contribution is -2.51. The van der Waals surface area contributed by atoms with E-state index in [-0.39, 0.29) is 11.5 Å². The zero-order valence-electron chi connectivity index (χ0n) is 18.4. The standard InChI is InChI=1S/C26H28N2O4/c1-2-18-10-11-20-19(15-25(29)32-23(20)14-18)16-28-17-24(26(30)27-12-6-3-7-13-27)31-22-9-5-4-8-21(22)28/h4-5,8-11,14-15,24H,2-3,6-7,12-13,16-17H2,1H3. The number of anilines is 1. The van der Waals surface area contributed by atoms with E-state index in [4.69, 9.17) is 9.15 Å². The van der Waals surface area contributed by atoms with E-state index in [1.54, 1.807) is 6.07 Å². The third kappa shape index (κ3) is 3.97. The predicted molar refractivity (Wildman–Crippen MR) is 124 cm³/mol. The van der Waals surface area contributed by atoms with Crippen molar-refractivity contribution in [2.24, 2.45) is 0 Å². The Bertz CT molecular complexity index is 1200. The molecule has 5 rings (SSSR count). The van der Waals surface area contributed by atoms with Crippen molar-refractivity contribution < 1.29 is 13.9 Å². The molecule has 1 unspecified atom stereocenters. The van der Waals surface area contributed by atoms with E-state index in [0.29, 0.717) is 24.4 Å². The van der Waals surface area contributed by atoms with Gasteiger partial charge in [0.15, 0.2) is 6.10 Å². The highest BCUT2D eigenvalue weighted by molar-refractivity contribution is 5.84. The summed E-state index contributed by atoms with van der Waals surface area (Å²) < 4.78 is 11.6. The summed E-state index contributed by atoms with van der Waals surface area (Å²) in [5.41, 5.74) is 3.20. The minimum Gasteiger partial charge on any atom is -0.477 e. The van der Waals surface area contributed by atoms with Crippen molar-refractivity contribution in [3.63, 3.8) is 0 Å². The normalized spacial score (nSPS) is 18.3. The van der Waals surface area contributed by atoms with E-state index in [0.717, 1.165) is 54.6 Å². The summed E-state index contributed by atoms with van der Waals surface area (Å²) in [6, 6.07) is 15.4. The molecule has 2 aliphatic rings. The van der Waals surface area contributed by atoms with Crippen LogP contribution in [0.3, 0.4) is 0 Å². The predicted octanol–water partition coefficient (Wildman–Crippen LogP) is 4.14. The Balaban J connectivity index is 1.48. The summed E-state index contributed by atoms with van der Waals surface area (Å²) in [6.45, 7) is 4.61. The van der Waals surface area contributed by atoms with Crippen molar-refractivity contribution in [2.45, 2.75) is 45.3 Å². The fourth-order valence-electron chi connectivity index (χ4n) is 4.73. The molecule has 0 bridgehead atoms. The maximum absolute atomic E-state index is 13.2. The molecule has 1 amide bonds. The van der Waals surface area contributed by atoms with Crippen molar-refractivity contribution in [3.05, 3.63) is 70.1 Å². The summed E-state index contributed by atoms with van der Waals surface area (Å²) >= 11 is 0. The van der Waals surface area contributed by atoms with Crippen LogP contribution in [-0.2, 0) is 17.8 Å². The monoisotopic (exact) mass is 432 g/mol. The van der Waals surface area contributed by atoms with E-state index in [1.165, 1.54) is 6.42 Å². The molecule has 0 aliphatic carbocycles.